The summed E-state index contributed by atoms with van der Waals surface area (Å²) in [5.74, 6) is 0.0494. The quantitative estimate of drug-likeness (QED) is 0.575. The minimum absolute atomic E-state index is 0. The molecule has 0 aromatic carbocycles. The molecule has 1 aliphatic rings. The van der Waals surface area contributed by atoms with Gasteiger partial charge in [0.25, 0.3) is 0 Å². The highest BCUT2D eigenvalue weighted by Gasteiger charge is 2.16. The van der Waals surface area contributed by atoms with Crippen molar-refractivity contribution in [3.63, 3.8) is 0 Å². The topological polar surface area (TPSA) is 29.5 Å². The third-order valence-electron chi connectivity index (χ3n) is 1.66. The van der Waals surface area contributed by atoms with Crippen LogP contribution in [0.3, 0.4) is 0 Å². The van der Waals surface area contributed by atoms with Crippen LogP contribution < -0.4 is 0 Å². The third-order valence-corrected chi connectivity index (χ3v) is 1.66. The molecule has 4 heteroatoms. The first kappa shape index (κ1) is 11.5. The number of amides is 1. The number of morpholine rings is 1. The minimum atomic E-state index is 0. The monoisotopic (exact) mass is 191 g/mol. The molecule has 70 valence electrons. The molecule has 1 saturated heterocycles. The van der Waals surface area contributed by atoms with E-state index in [1.807, 2.05) is 0 Å². The van der Waals surface area contributed by atoms with Crippen LogP contribution in [0.1, 0.15) is 6.92 Å². The van der Waals surface area contributed by atoms with Crippen molar-refractivity contribution in [2.24, 2.45) is 0 Å². The number of carbonyl (C=O) groups is 1. The van der Waals surface area contributed by atoms with Crippen LogP contribution in [-0.4, -0.2) is 37.1 Å². The summed E-state index contributed by atoms with van der Waals surface area (Å²) in [6.07, 6.45) is 0. The molecule has 0 aromatic heterocycles. The summed E-state index contributed by atoms with van der Waals surface area (Å²) in [6.45, 7) is 8.04. The third kappa shape index (κ3) is 2.83. The molecule has 1 rings (SSSR count). The lowest BCUT2D eigenvalue weighted by atomic mass is 10.3. The van der Waals surface area contributed by atoms with Crippen molar-refractivity contribution in [2.75, 3.05) is 26.3 Å². The van der Waals surface area contributed by atoms with E-state index in [0.717, 1.165) is 0 Å². The van der Waals surface area contributed by atoms with Crippen LogP contribution in [0.5, 0.6) is 0 Å². The number of nitrogens with zero attached hydrogens (tertiary/aromatic N) is 1. The van der Waals surface area contributed by atoms with E-state index in [4.69, 9.17) is 4.74 Å². The molecule has 0 aliphatic carbocycles. The van der Waals surface area contributed by atoms with E-state index in [9.17, 15) is 4.79 Å². The van der Waals surface area contributed by atoms with E-state index in [1.54, 1.807) is 11.8 Å². The summed E-state index contributed by atoms with van der Waals surface area (Å²) in [5, 5.41) is 0. The van der Waals surface area contributed by atoms with Crippen molar-refractivity contribution in [3.8, 4) is 0 Å². The number of hydrogen-bond acceptors (Lipinski definition) is 2. The van der Waals surface area contributed by atoms with Gasteiger partial charge in [0.1, 0.15) is 0 Å². The van der Waals surface area contributed by atoms with Crippen molar-refractivity contribution >= 4 is 18.3 Å². The van der Waals surface area contributed by atoms with Gasteiger partial charge >= 0.3 is 0 Å². The van der Waals surface area contributed by atoms with Crippen molar-refractivity contribution < 1.29 is 9.53 Å². The fourth-order valence-corrected chi connectivity index (χ4v) is 1.04. The lowest BCUT2D eigenvalue weighted by molar-refractivity contribution is -0.131. The summed E-state index contributed by atoms with van der Waals surface area (Å²) < 4.78 is 5.11. The lowest BCUT2D eigenvalue weighted by Crippen LogP contribution is -2.40. The summed E-state index contributed by atoms with van der Waals surface area (Å²) >= 11 is 0. The van der Waals surface area contributed by atoms with Gasteiger partial charge < -0.3 is 9.64 Å². The van der Waals surface area contributed by atoms with E-state index >= 15 is 0 Å². The standard InChI is InChI=1S/C8H13NO2.ClH/c1-7(2)8(10)9-3-5-11-6-4-9;/h1,3-6H2,2H3;1H. The number of carbonyl (C=O) groups excluding carboxylic acids is 1. The first-order chi connectivity index (χ1) is 5.22. The van der Waals surface area contributed by atoms with E-state index in [-0.39, 0.29) is 18.3 Å². The maximum Gasteiger partial charge on any atom is 0.249 e. The Morgan fingerprint density at radius 3 is 2.33 bits per heavy atom. The zero-order valence-corrected chi connectivity index (χ0v) is 8.02. The normalized spacial score (nSPS) is 16.6. The molecule has 0 unspecified atom stereocenters. The second kappa shape index (κ2) is 5.17. The summed E-state index contributed by atoms with van der Waals surface area (Å²) in [7, 11) is 0. The van der Waals surface area contributed by atoms with E-state index in [1.165, 1.54) is 0 Å². The second-order valence-corrected chi connectivity index (χ2v) is 2.68. The molecule has 1 aliphatic heterocycles. The Morgan fingerprint density at radius 2 is 1.92 bits per heavy atom. The Balaban J connectivity index is 0.00000121. The van der Waals surface area contributed by atoms with Crippen molar-refractivity contribution in [3.05, 3.63) is 12.2 Å². The van der Waals surface area contributed by atoms with Crippen molar-refractivity contribution in [2.45, 2.75) is 6.92 Å². The molecule has 0 spiro atoms. The molecule has 0 saturated carbocycles. The van der Waals surface area contributed by atoms with Gasteiger partial charge in [0, 0.05) is 18.7 Å². The highest BCUT2D eigenvalue weighted by atomic mass is 35.5. The van der Waals surface area contributed by atoms with Crippen molar-refractivity contribution in [1.82, 2.24) is 4.90 Å². The average molecular weight is 192 g/mol. The molecule has 0 N–H and O–H groups in total. The molecule has 0 atom stereocenters. The van der Waals surface area contributed by atoms with Crippen LogP contribution in [0.25, 0.3) is 0 Å². The Bertz CT molecular complexity index is 176. The molecular weight excluding hydrogens is 178 g/mol. The minimum Gasteiger partial charge on any atom is -0.378 e. The Kier molecular flexibility index (Phi) is 4.93. The Morgan fingerprint density at radius 1 is 1.42 bits per heavy atom. The molecule has 1 amide bonds. The molecule has 3 nitrogen and oxygen atoms in total. The van der Waals surface area contributed by atoms with E-state index in [2.05, 4.69) is 6.58 Å². The van der Waals surface area contributed by atoms with Gasteiger partial charge in [0.15, 0.2) is 0 Å². The van der Waals surface area contributed by atoms with Gasteiger partial charge in [-0.2, -0.15) is 0 Å². The van der Waals surface area contributed by atoms with Crippen LogP contribution in [0.4, 0.5) is 0 Å². The summed E-state index contributed by atoms with van der Waals surface area (Å²) in [6, 6.07) is 0. The fourth-order valence-electron chi connectivity index (χ4n) is 1.04. The first-order valence-electron chi connectivity index (χ1n) is 3.74. The van der Waals surface area contributed by atoms with Gasteiger partial charge in [-0.15, -0.1) is 12.4 Å². The predicted molar refractivity (Wildman–Crippen MR) is 49.5 cm³/mol. The smallest absolute Gasteiger partial charge is 0.249 e. The van der Waals surface area contributed by atoms with Crippen molar-refractivity contribution in [1.29, 1.82) is 0 Å². The van der Waals surface area contributed by atoms with Crippen LogP contribution in [0, 0.1) is 0 Å². The van der Waals surface area contributed by atoms with Gasteiger partial charge in [-0.3, -0.25) is 4.79 Å². The van der Waals surface area contributed by atoms with Crippen LogP contribution >= 0.6 is 12.4 Å². The SMILES string of the molecule is C=C(C)C(=O)N1CCOCC1.Cl. The maximum atomic E-state index is 11.3. The zero-order valence-electron chi connectivity index (χ0n) is 7.21. The molecule has 12 heavy (non-hydrogen) atoms. The molecule has 0 radical (unpaired) electrons. The number of hydrogen-bond donors (Lipinski definition) is 0. The Labute approximate surface area is 78.8 Å². The highest BCUT2D eigenvalue weighted by Crippen LogP contribution is 2.01. The van der Waals surface area contributed by atoms with Gasteiger partial charge in [0.2, 0.25) is 5.91 Å². The zero-order chi connectivity index (χ0) is 8.27. The predicted octanol–water partition coefficient (Wildman–Crippen LogP) is 0.843. The lowest BCUT2D eigenvalue weighted by Gasteiger charge is -2.26. The molecule has 1 fully saturated rings. The summed E-state index contributed by atoms with van der Waals surface area (Å²) in [5.41, 5.74) is 0.604. The van der Waals surface area contributed by atoms with Gasteiger partial charge in [-0.05, 0) is 6.92 Å². The first-order valence-corrected chi connectivity index (χ1v) is 3.74. The van der Waals surface area contributed by atoms with Crippen LogP contribution in [0.2, 0.25) is 0 Å². The molecule has 0 aromatic rings. The number of ether oxygens (including phenoxy) is 1. The number of rotatable bonds is 1. The fraction of sp³-hybridized carbons (Fsp3) is 0.625. The largest absolute Gasteiger partial charge is 0.378 e. The summed E-state index contributed by atoms with van der Waals surface area (Å²) in [4.78, 5) is 13.0. The van der Waals surface area contributed by atoms with E-state index < -0.39 is 0 Å². The molecule has 0 bridgehead atoms. The molecule has 1 heterocycles. The highest BCUT2D eigenvalue weighted by molar-refractivity contribution is 5.92. The van der Waals surface area contributed by atoms with Gasteiger partial charge in [-0.1, -0.05) is 6.58 Å². The second-order valence-electron chi connectivity index (χ2n) is 2.68. The number of halogens is 1. The maximum absolute atomic E-state index is 11.3. The van der Waals surface area contributed by atoms with Gasteiger partial charge in [-0.25, -0.2) is 0 Å². The van der Waals surface area contributed by atoms with Gasteiger partial charge in [0.05, 0.1) is 13.2 Å². The Hall–Kier alpha value is -0.540. The molecular formula is C8H14ClNO2. The van der Waals surface area contributed by atoms with Crippen LogP contribution in [-0.2, 0) is 9.53 Å². The van der Waals surface area contributed by atoms with Crippen LogP contribution in [0.15, 0.2) is 12.2 Å². The average Bonchev–Trinajstić information content (AvgIpc) is 2.05. The van der Waals surface area contributed by atoms with E-state index in [0.29, 0.717) is 31.9 Å².